The molecule has 1 aliphatic heterocycles. The second-order valence-electron chi connectivity index (χ2n) is 4.61. The monoisotopic (exact) mass is 203 g/mol. The van der Waals surface area contributed by atoms with Crippen molar-refractivity contribution in [1.29, 1.82) is 0 Å². The minimum atomic E-state index is 0.554. The Morgan fingerprint density at radius 2 is 2.13 bits per heavy atom. The van der Waals surface area contributed by atoms with Gasteiger partial charge in [0, 0.05) is 17.5 Å². The quantitative estimate of drug-likeness (QED) is 0.812. The molecular formula is C13H17NO. The summed E-state index contributed by atoms with van der Waals surface area (Å²) in [6.07, 6.45) is 2.76. The molecule has 0 aromatic heterocycles. The standard InChI is InChI=1S/C13H17NO/c1-14-13(9-6-7-9)11-8-15-12-5-3-2-4-10(11)12/h2-5,9,11,13-14H,6-8H2,1H3. The molecule has 1 heterocycles. The van der Waals surface area contributed by atoms with Crippen molar-refractivity contribution in [2.24, 2.45) is 5.92 Å². The Morgan fingerprint density at radius 1 is 1.33 bits per heavy atom. The highest BCUT2D eigenvalue weighted by Gasteiger charge is 2.39. The fourth-order valence-electron chi connectivity index (χ4n) is 2.71. The third kappa shape index (κ3) is 1.53. The van der Waals surface area contributed by atoms with Crippen LogP contribution in [0.2, 0.25) is 0 Å². The van der Waals surface area contributed by atoms with E-state index in [-0.39, 0.29) is 0 Å². The molecule has 2 aliphatic rings. The largest absolute Gasteiger partial charge is 0.493 e. The summed E-state index contributed by atoms with van der Waals surface area (Å²) in [5.41, 5.74) is 1.39. The zero-order valence-electron chi connectivity index (χ0n) is 9.07. The van der Waals surface area contributed by atoms with Crippen molar-refractivity contribution in [2.75, 3.05) is 13.7 Å². The summed E-state index contributed by atoms with van der Waals surface area (Å²) in [4.78, 5) is 0. The number of para-hydroxylation sites is 1. The average Bonchev–Trinajstić information content (AvgIpc) is 3.01. The minimum absolute atomic E-state index is 0.554. The van der Waals surface area contributed by atoms with Gasteiger partial charge in [0.15, 0.2) is 0 Å². The van der Waals surface area contributed by atoms with Crippen LogP contribution in [0.4, 0.5) is 0 Å². The lowest BCUT2D eigenvalue weighted by Crippen LogP contribution is -2.34. The molecule has 80 valence electrons. The van der Waals surface area contributed by atoms with E-state index in [0.29, 0.717) is 12.0 Å². The Labute approximate surface area is 90.6 Å². The van der Waals surface area contributed by atoms with Gasteiger partial charge in [0.2, 0.25) is 0 Å². The fraction of sp³-hybridized carbons (Fsp3) is 0.538. The Kier molecular flexibility index (Phi) is 2.17. The molecule has 1 N–H and O–H groups in total. The maximum atomic E-state index is 5.73. The van der Waals surface area contributed by atoms with E-state index in [4.69, 9.17) is 4.74 Å². The van der Waals surface area contributed by atoms with Crippen molar-refractivity contribution in [1.82, 2.24) is 5.32 Å². The van der Waals surface area contributed by atoms with Gasteiger partial charge in [-0.15, -0.1) is 0 Å². The van der Waals surface area contributed by atoms with Crippen molar-refractivity contribution in [3.05, 3.63) is 29.8 Å². The predicted octanol–water partition coefficient (Wildman–Crippen LogP) is 2.16. The molecule has 2 unspecified atom stereocenters. The summed E-state index contributed by atoms with van der Waals surface area (Å²) < 4.78 is 5.73. The molecule has 1 saturated carbocycles. The summed E-state index contributed by atoms with van der Waals surface area (Å²) in [5, 5.41) is 3.47. The van der Waals surface area contributed by atoms with E-state index in [1.165, 1.54) is 18.4 Å². The Balaban J connectivity index is 1.88. The van der Waals surface area contributed by atoms with Crippen LogP contribution in [-0.4, -0.2) is 19.7 Å². The highest BCUT2D eigenvalue weighted by molar-refractivity contribution is 5.40. The van der Waals surface area contributed by atoms with Crippen LogP contribution in [0, 0.1) is 5.92 Å². The van der Waals surface area contributed by atoms with Gasteiger partial charge in [0.1, 0.15) is 5.75 Å². The van der Waals surface area contributed by atoms with Crippen molar-refractivity contribution >= 4 is 0 Å². The average molecular weight is 203 g/mol. The lowest BCUT2D eigenvalue weighted by Gasteiger charge is -2.21. The maximum absolute atomic E-state index is 5.73. The number of ether oxygens (including phenoxy) is 1. The molecule has 2 heteroatoms. The lowest BCUT2D eigenvalue weighted by molar-refractivity contribution is 0.292. The molecule has 2 atom stereocenters. The summed E-state index contributed by atoms with van der Waals surface area (Å²) in [7, 11) is 2.07. The molecule has 15 heavy (non-hydrogen) atoms. The zero-order chi connectivity index (χ0) is 10.3. The van der Waals surface area contributed by atoms with Gasteiger partial charge in [-0.2, -0.15) is 0 Å². The lowest BCUT2D eigenvalue weighted by atomic mass is 9.90. The SMILES string of the molecule is CNC(C1CC1)C1COc2ccccc21. The molecular weight excluding hydrogens is 186 g/mol. The molecule has 0 spiro atoms. The van der Waals surface area contributed by atoms with Gasteiger partial charge in [-0.1, -0.05) is 18.2 Å². The second-order valence-corrected chi connectivity index (χ2v) is 4.61. The summed E-state index contributed by atoms with van der Waals surface area (Å²) in [5.74, 6) is 2.51. The third-order valence-electron chi connectivity index (χ3n) is 3.63. The summed E-state index contributed by atoms with van der Waals surface area (Å²) >= 11 is 0. The van der Waals surface area contributed by atoms with Crippen LogP contribution in [0.15, 0.2) is 24.3 Å². The highest BCUT2D eigenvalue weighted by atomic mass is 16.5. The molecule has 0 saturated heterocycles. The number of likely N-dealkylation sites (N-methyl/N-ethyl adjacent to an activating group) is 1. The van der Waals surface area contributed by atoms with Crippen LogP contribution < -0.4 is 10.1 Å². The Bertz CT molecular complexity index is 359. The first-order valence-corrected chi connectivity index (χ1v) is 5.79. The van der Waals surface area contributed by atoms with E-state index in [9.17, 15) is 0 Å². The minimum Gasteiger partial charge on any atom is -0.493 e. The molecule has 1 aromatic carbocycles. The number of hydrogen-bond donors (Lipinski definition) is 1. The normalized spacial score (nSPS) is 25.8. The van der Waals surface area contributed by atoms with Crippen LogP contribution in [0.3, 0.4) is 0 Å². The zero-order valence-corrected chi connectivity index (χ0v) is 9.07. The first-order chi connectivity index (χ1) is 7.40. The van der Waals surface area contributed by atoms with Crippen LogP contribution in [0.1, 0.15) is 24.3 Å². The Morgan fingerprint density at radius 3 is 2.87 bits per heavy atom. The number of fused-ring (bicyclic) bond motifs is 1. The smallest absolute Gasteiger partial charge is 0.122 e. The number of hydrogen-bond acceptors (Lipinski definition) is 2. The van der Waals surface area contributed by atoms with Gasteiger partial charge in [0.25, 0.3) is 0 Å². The number of rotatable bonds is 3. The van der Waals surface area contributed by atoms with Crippen LogP contribution in [0.5, 0.6) is 5.75 Å². The molecule has 1 fully saturated rings. The molecule has 0 radical (unpaired) electrons. The van der Waals surface area contributed by atoms with E-state index < -0.39 is 0 Å². The molecule has 0 bridgehead atoms. The van der Waals surface area contributed by atoms with Crippen LogP contribution >= 0.6 is 0 Å². The van der Waals surface area contributed by atoms with Gasteiger partial charge in [0.05, 0.1) is 6.61 Å². The molecule has 0 amide bonds. The van der Waals surface area contributed by atoms with Crippen LogP contribution in [-0.2, 0) is 0 Å². The van der Waals surface area contributed by atoms with E-state index >= 15 is 0 Å². The van der Waals surface area contributed by atoms with Crippen molar-refractivity contribution in [3.8, 4) is 5.75 Å². The van der Waals surface area contributed by atoms with Gasteiger partial charge in [-0.3, -0.25) is 0 Å². The van der Waals surface area contributed by atoms with Gasteiger partial charge < -0.3 is 10.1 Å². The fourth-order valence-corrected chi connectivity index (χ4v) is 2.71. The van der Waals surface area contributed by atoms with Gasteiger partial charge in [-0.25, -0.2) is 0 Å². The topological polar surface area (TPSA) is 21.3 Å². The highest BCUT2D eigenvalue weighted by Crippen LogP contribution is 2.43. The number of benzene rings is 1. The first kappa shape index (κ1) is 9.22. The van der Waals surface area contributed by atoms with Gasteiger partial charge >= 0.3 is 0 Å². The summed E-state index contributed by atoms with van der Waals surface area (Å²) in [6, 6.07) is 9.05. The summed E-state index contributed by atoms with van der Waals surface area (Å²) in [6.45, 7) is 0.849. The van der Waals surface area contributed by atoms with Crippen molar-refractivity contribution < 1.29 is 4.74 Å². The van der Waals surface area contributed by atoms with E-state index in [1.54, 1.807) is 0 Å². The third-order valence-corrected chi connectivity index (χ3v) is 3.63. The molecule has 1 aromatic rings. The predicted molar refractivity (Wildman–Crippen MR) is 60.2 cm³/mol. The molecule has 3 rings (SSSR count). The van der Waals surface area contributed by atoms with E-state index in [2.05, 4.69) is 30.6 Å². The van der Waals surface area contributed by atoms with Crippen molar-refractivity contribution in [3.63, 3.8) is 0 Å². The molecule has 2 nitrogen and oxygen atoms in total. The number of nitrogens with one attached hydrogen (secondary N) is 1. The second kappa shape index (κ2) is 3.53. The first-order valence-electron chi connectivity index (χ1n) is 5.79. The maximum Gasteiger partial charge on any atom is 0.122 e. The van der Waals surface area contributed by atoms with E-state index in [1.807, 2.05) is 6.07 Å². The van der Waals surface area contributed by atoms with E-state index in [0.717, 1.165) is 18.3 Å². The Hall–Kier alpha value is -1.02. The molecule has 1 aliphatic carbocycles. The van der Waals surface area contributed by atoms with Crippen molar-refractivity contribution in [2.45, 2.75) is 24.8 Å². The van der Waals surface area contributed by atoms with Crippen LogP contribution in [0.25, 0.3) is 0 Å². The van der Waals surface area contributed by atoms with Gasteiger partial charge in [-0.05, 0) is 31.9 Å².